The van der Waals surface area contributed by atoms with Crippen LogP contribution in [-0.2, 0) is 9.59 Å². The molecule has 0 aromatic heterocycles. The summed E-state index contributed by atoms with van der Waals surface area (Å²) in [6, 6.07) is 0.386. The van der Waals surface area contributed by atoms with E-state index in [1.54, 1.807) is 0 Å². The van der Waals surface area contributed by atoms with Crippen molar-refractivity contribution in [2.45, 2.75) is 82.7 Å². The van der Waals surface area contributed by atoms with Crippen molar-refractivity contribution in [2.24, 2.45) is 23.5 Å². The van der Waals surface area contributed by atoms with Crippen LogP contribution in [0.2, 0.25) is 0 Å². The summed E-state index contributed by atoms with van der Waals surface area (Å²) < 4.78 is 0. The Hall–Kier alpha value is -1.10. The first-order valence-corrected chi connectivity index (χ1v) is 9.94. The third kappa shape index (κ3) is 5.20. The van der Waals surface area contributed by atoms with E-state index in [1.807, 2.05) is 0 Å². The fraction of sp³-hybridized carbons (Fsp3) is 0.895. The molecule has 0 heterocycles. The van der Waals surface area contributed by atoms with Gasteiger partial charge >= 0.3 is 0 Å². The summed E-state index contributed by atoms with van der Waals surface area (Å²) >= 11 is 0. The van der Waals surface area contributed by atoms with Crippen molar-refractivity contribution in [3.8, 4) is 0 Å². The van der Waals surface area contributed by atoms with Crippen molar-refractivity contribution in [3.63, 3.8) is 0 Å². The Balaban J connectivity index is 1.31. The first-order chi connectivity index (χ1) is 11.6. The second-order valence-electron chi connectivity index (χ2n) is 8.22. The monoisotopic (exact) mass is 335 g/mol. The Morgan fingerprint density at radius 3 is 2.25 bits per heavy atom. The molecule has 0 aromatic carbocycles. The van der Waals surface area contributed by atoms with Crippen LogP contribution in [0.5, 0.6) is 0 Å². The maximum atomic E-state index is 12.3. The molecule has 3 rings (SSSR count). The lowest BCUT2D eigenvalue weighted by Crippen LogP contribution is -2.44. The van der Waals surface area contributed by atoms with E-state index in [4.69, 9.17) is 5.73 Å². The highest BCUT2D eigenvalue weighted by Crippen LogP contribution is 2.31. The van der Waals surface area contributed by atoms with Crippen LogP contribution in [0.1, 0.15) is 70.6 Å². The van der Waals surface area contributed by atoms with Gasteiger partial charge in [-0.15, -0.1) is 0 Å². The number of rotatable bonds is 7. The van der Waals surface area contributed by atoms with Gasteiger partial charge in [-0.1, -0.05) is 12.8 Å². The molecule has 2 amide bonds. The van der Waals surface area contributed by atoms with Gasteiger partial charge in [0.2, 0.25) is 11.8 Å². The highest BCUT2D eigenvalue weighted by atomic mass is 16.2. The minimum atomic E-state index is 0.0967. The molecule has 5 heteroatoms. The zero-order valence-corrected chi connectivity index (χ0v) is 14.8. The number of amides is 2. The van der Waals surface area contributed by atoms with Gasteiger partial charge in [0.1, 0.15) is 0 Å². The van der Waals surface area contributed by atoms with Gasteiger partial charge in [-0.05, 0) is 63.2 Å². The first kappa shape index (κ1) is 17.7. The smallest absolute Gasteiger partial charge is 0.223 e. The third-order valence-corrected chi connectivity index (χ3v) is 6.15. The Morgan fingerprint density at radius 2 is 1.62 bits per heavy atom. The van der Waals surface area contributed by atoms with Crippen molar-refractivity contribution in [3.05, 3.63) is 0 Å². The predicted octanol–water partition coefficient (Wildman–Crippen LogP) is 2.10. The second kappa shape index (κ2) is 8.32. The lowest BCUT2D eigenvalue weighted by Gasteiger charge is -2.29. The van der Waals surface area contributed by atoms with E-state index >= 15 is 0 Å². The van der Waals surface area contributed by atoms with Crippen LogP contribution >= 0.6 is 0 Å². The molecule has 24 heavy (non-hydrogen) atoms. The Labute approximate surface area is 145 Å². The standard InChI is InChI=1S/C19H33N3O2/c20-17(14-5-6-14)12-21-19(24)15-7-9-16(10-8-15)22-18(23)11-13-3-1-2-4-13/h13-17H,1-12,20H2,(H,21,24)(H,22,23). The quantitative estimate of drug-likeness (QED) is 0.666. The van der Waals surface area contributed by atoms with E-state index in [1.165, 1.54) is 38.5 Å². The van der Waals surface area contributed by atoms with Gasteiger partial charge in [-0.2, -0.15) is 0 Å². The molecular formula is C19H33N3O2. The average Bonchev–Trinajstić information content (AvgIpc) is 3.31. The van der Waals surface area contributed by atoms with Crippen LogP contribution in [0, 0.1) is 17.8 Å². The van der Waals surface area contributed by atoms with Gasteiger partial charge in [0.25, 0.3) is 0 Å². The van der Waals surface area contributed by atoms with Gasteiger partial charge in [0.05, 0.1) is 0 Å². The molecule has 3 aliphatic rings. The molecule has 0 aromatic rings. The third-order valence-electron chi connectivity index (χ3n) is 6.15. The van der Waals surface area contributed by atoms with Crippen LogP contribution in [0.3, 0.4) is 0 Å². The molecular weight excluding hydrogens is 302 g/mol. The lowest BCUT2D eigenvalue weighted by molar-refractivity contribution is -0.126. The number of nitrogens with two attached hydrogens (primary N) is 1. The van der Waals surface area contributed by atoms with Gasteiger partial charge < -0.3 is 16.4 Å². The molecule has 5 nitrogen and oxygen atoms in total. The molecule has 0 bridgehead atoms. The summed E-state index contributed by atoms with van der Waals surface area (Å²) in [5, 5.41) is 6.21. The number of carbonyl (C=O) groups is 2. The summed E-state index contributed by atoms with van der Waals surface area (Å²) in [5.41, 5.74) is 6.04. The zero-order valence-electron chi connectivity index (χ0n) is 14.8. The Bertz CT molecular complexity index is 436. The average molecular weight is 335 g/mol. The highest BCUT2D eigenvalue weighted by Gasteiger charge is 2.31. The fourth-order valence-corrected chi connectivity index (χ4v) is 4.32. The summed E-state index contributed by atoms with van der Waals surface area (Å²) in [6.07, 6.45) is 11.7. The van der Waals surface area contributed by atoms with E-state index in [9.17, 15) is 9.59 Å². The second-order valence-corrected chi connectivity index (χ2v) is 8.22. The number of nitrogens with one attached hydrogen (secondary N) is 2. The Morgan fingerprint density at radius 1 is 0.958 bits per heavy atom. The number of hydrogen-bond acceptors (Lipinski definition) is 3. The zero-order chi connectivity index (χ0) is 16.9. The molecule has 0 saturated heterocycles. The first-order valence-electron chi connectivity index (χ1n) is 9.94. The summed E-state index contributed by atoms with van der Waals surface area (Å²) in [4.78, 5) is 24.4. The molecule has 136 valence electrons. The summed E-state index contributed by atoms with van der Waals surface area (Å²) in [6.45, 7) is 0.613. The van der Waals surface area contributed by atoms with Gasteiger partial charge in [0, 0.05) is 31.0 Å². The molecule has 3 aliphatic carbocycles. The van der Waals surface area contributed by atoms with Crippen molar-refractivity contribution in [1.82, 2.24) is 10.6 Å². The maximum absolute atomic E-state index is 12.3. The normalized spacial score (nSPS) is 29.2. The number of hydrogen-bond donors (Lipinski definition) is 3. The van der Waals surface area contributed by atoms with E-state index in [0.29, 0.717) is 24.8 Å². The van der Waals surface area contributed by atoms with Gasteiger partial charge in [0.15, 0.2) is 0 Å². The fourth-order valence-electron chi connectivity index (χ4n) is 4.32. The SMILES string of the molecule is NC(CNC(=O)C1CCC(NC(=O)CC2CCCC2)CC1)C1CC1. The molecule has 1 atom stereocenters. The summed E-state index contributed by atoms with van der Waals surface area (Å²) in [5.74, 6) is 1.69. The number of carbonyl (C=O) groups excluding carboxylic acids is 2. The van der Waals surface area contributed by atoms with Crippen LogP contribution in [0.25, 0.3) is 0 Å². The molecule has 3 fully saturated rings. The summed E-state index contributed by atoms with van der Waals surface area (Å²) in [7, 11) is 0. The van der Waals surface area contributed by atoms with Gasteiger partial charge in [-0.3, -0.25) is 9.59 Å². The van der Waals surface area contributed by atoms with Crippen LogP contribution in [-0.4, -0.2) is 30.4 Å². The largest absolute Gasteiger partial charge is 0.354 e. The molecule has 0 radical (unpaired) electrons. The molecule has 0 spiro atoms. The van der Waals surface area contributed by atoms with Crippen molar-refractivity contribution >= 4 is 11.8 Å². The van der Waals surface area contributed by atoms with E-state index in [2.05, 4.69) is 10.6 Å². The highest BCUT2D eigenvalue weighted by molar-refractivity contribution is 5.79. The van der Waals surface area contributed by atoms with E-state index in [0.717, 1.165) is 25.7 Å². The predicted molar refractivity (Wildman–Crippen MR) is 94.2 cm³/mol. The molecule has 0 aliphatic heterocycles. The van der Waals surface area contributed by atoms with Crippen molar-refractivity contribution in [1.29, 1.82) is 0 Å². The lowest BCUT2D eigenvalue weighted by atomic mass is 9.85. The van der Waals surface area contributed by atoms with E-state index < -0.39 is 0 Å². The van der Waals surface area contributed by atoms with Crippen LogP contribution in [0.4, 0.5) is 0 Å². The molecule has 1 unspecified atom stereocenters. The van der Waals surface area contributed by atoms with Crippen molar-refractivity contribution < 1.29 is 9.59 Å². The minimum absolute atomic E-state index is 0.0967. The van der Waals surface area contributed by atoms with Crippen LogP contribution in [0.15, 0.2) is 0 Å². The Kier molecular flexibility index (Phi) is 6.14. The molecule has 3 saturated carbocycles. The van der Waals surface area contributed by atoms with Crippen molar-refractivity contribution in [2.75, 3.05) is 6.54 Å². The maximum Gasteiger partial charge on any atom is 0.223 e. The minimum Gasteiger partial charge on any atom is -0.354 e. The molecule has 4 N–H and O–H groups in total. The topological polar surface area (TPSA) is 84.2 Å². The van der Waals surface area contributed by atoms with Gasteiger partial charge in [-0.25, -0.2) is 0 Å². The van der Waals surface area contributed by atoms with Crippen LogP contribution < -0.4 is 16.4 Å². The van der Waals surface area contributed by atoms with E-state index in [-0.39, 0.29) is 29.8 Å².